The molecule has 0 saturated carbocycles. The maximum absolute atomic E-state index is 12.5. The predicted octanol–water partition coefficient (Wildman–Crippen LogP) is 3.67. The Morgan fingerprint density at radius 1 is 1.18 bits per heavy atom. The van der Waals surface area contributed by atoms with Crippen LogP contribution in [-0.4, -0.2) is 23.0 Å². The molecule has 7 nitrogen and oxygen atoms in total. The van der Waals surface area contributed by atoms with Crippen LogP contribution < -0.4 is 20.6 Å². The van der Waals surface area contributed by atoms with Crippen molar-refractivity contribution in [2.45, 2.75) is 12.5 Å². The molecule has 33 heavy (non-hydrogen) atoms. The lowest BCUT2D eigenvalue weighted by molar-refractivity contribution is 0.0997. The number of nitrogens with two attached hydrogens (primary N) is 1. The van der Waals surface area contributed by atoms with Crippen molar-refractivity contribution in [3.8, 4) is 11.5 Å². The van der Waals surface area contributed by atoms with E-state index in [-0.39, 0.29) is 28.4 Å². The summed E-state index contributed by atoms with van der Waals surface area (Å²) >= 11 is 0. The molecule has 1 unspecified atom stereocenters. The van der Waals surface area contributed by atoms with E-state index in [1.54, 1.807) is 6.07 Å². The van der Waals surface area contributed by atoms with Crippen molar-refractivity contribution in [2.24, 2.45) is 5.73 Å². The van der Waals surface area contributed by atoms with Crippen molar-refractivity contribution in [3.05, 3.63) is 99.6 Å². The van der Waals surface area contributed by atoms with Crippen LogP contribution in [0.1, 0.15) is 27.8 Å². The number of carbonyl (C=O) groups excluding carboxylic acids is 1. The van der Waals surface area contributed by atoms with Crippen molar-refractivity contribution < 1.29 is 23.0 Å². The van der Waals surface area contributed by atoms with Crippen molar-refractivity contribution in [3.63, 3.8) is 0 Å². The summed E-state index contributed by atoms with van der Waals surface area (Å²) in [7, 11) is 1.29. The van der Waals surface area contributed by atoms with Gasteiger partial charge in [0, 0.05) is 18.7 Å². The van der Waals surface area contributed by atoms with Gasteiger partial charge in [0.25, 0.3) is 5.91 Å². The molecular formula is C24H19F2N3O4. The molecule has 1 aliphatic heterocycles. The zero-order chi connectivity index (χ0) is 23.5. The Kier molecular flexibility index (Phi) is 6.03. The summed E-state index contributed by atoms with van der Waals surface area (Å²) in [4.78, 5) is 30.9. The number of nitrogens with one attached hydrogen (secondary N) is 1. The van der Waals surface area contributed by atoms with Gasteiger partial charge in [-0.3, -0.25) is 14.6 Å². The topological polar surface area (TPSA) is 107 Å². The number of amides is 1. The third kappa shape index (κ3) is 4.38. The second-order valence-electron chi connectivity index (χ2n) is 7.21. The van der Waals surface area contributed by atoms with Crippen LogP contribution in [-0.2, 0) is 6.42 Å². The van der Waals surface area contributed by atoms with Crippen LogP contribution in [0, 0.1) is 11.6 Å². The van der Waals surface area contributed by atoms with E-state index in [4.69, 9.17) is 10.5 Å². The largest absolute Gasteiger partial charge is 0.494 e. The van der Waals surface area contributed by atoms with Crippen molar-refractivity contribution in [1.82, 2.24) is 9.97 Å². The number of aromatic amines is 1. The molecule has 5 rings (SSSR count). The molecule has 0 saturated heterocycles. The summed E-state index contributed by atoms with van der Waals surface area (Å²) in [5.41, 5.74) is 7.26. The minimum atomic E-state index is -0.940. The number of halogens is 2. The molecule has 1 amide bonds. The van der Waals surface area contributed by atoms with Crippen LogP contribution >= 0.6 is 0 Å². The normalized spacial score (nSPS) is 14.1. The minimum Gasteiger partial charge on any atom is -0.494 e. The fraction of sp³-hybridized carbons (Fsp3) is 0.125. The number of para-hydroxylation sites is 1. The number of methoxy groups -OCH3 is 1. The van der Waals surface area contributed by atoms with E-state index >= 15 is 0 Å². The van der Waals surface area contributed by atoms with E-state index < -0.39 is 17.5 Å². The standard InChI is InChI=1S/C17H13N3O3.C7H6F2O/c18-17(22)16-15-10(5-6-19-16)20-11(8-12(15)21)14-7-9-3-1-2-4-13(9)23-14;1-10-6-4-2-3-5(8)7(6)9/h1-6,8,14H,7H2,(H2,18,22)(H,20,21);2-4H,1H3. The molecule has 0 aliphatic carbocycles. The number of aromatic nitrogens is 2. The average molecular weight is 451 g/mol. The van der Waals surface area contributed by atoms with Gasteiger partial charge in [0.15, 0.2) is 17.0 Å². The predicted molar refractivity (Wildman–Crippen MR) is 117 cm³/mol. The van der Waals surface area contributed by atoms with Gasteiger partial charge in [0.05, 0.1) is 23.7 Å². The fourth-order valence-corrected chi connectivity index (χ4v) is 3.58. The highest BCUT2D eigenvalue weighted by Crippen LogP contribution is 2.35. The number of fused-ring (bicyclic) bond motifs is 2. The first kappa shape index (κ1) is 21.9. The number of benzene rings is 2. The summed E-state index contributed by atoms with van der Waals surface area (Å²) in [6.07, 6.45) is 1.88. The quantitative estimate of drug-likeness (QED) is 0.494. The van der Waals surface area contributed by atoms with E-state index in [1.165, 1.54) is 31.5 Å². The summed E-state index contributed by atoms with van der Waals surface area (Å²) < 4.78 is 35.2. The molecule has 0 spiro atoms. The molecule has 1 aliphatic rings. The zero-order valence-corrected chi connectivity index (χ0v) is 17.5. The molecule has 4 aromatic rings. The van der Waals surface area contributed by atoms with Gasteiger partial charge in [0.2, 0.25) is 5.82 Å². The van der Waals surface area contributed by atoms with E-state index in [0.717, 1.165) is 17.4 Å². The van der Waals surface area contributed by atoms with Gasteiger partial charge >= 0.3 is 0 Å². The smallest absolute Gasteiger partial charge is 0.268 e. The molecule has 1 atom stereocenters. The molecular weight excluding hydrogens is 432 g/mol. The Labute approximate surface area is 186 Å². The molecule has 3 heterocycles. The second kappa shape index (κ2) is 9.07. The van der Waals surface area contributed by atoms with Crippen LogP contribution in [0.15, 0.2) is 65.6 Å². The monoisotopic (exact) mass is 451 g/mol. The molecule has 9 heteroatoms. The number of hydrogen-bond acceptors (Lipinski definition) is 5. The van der Waals surface area contributed by atoms with Crippen molar-refractivity contribution >= 4 is 16.8 Å². The average Bonchev–Trinajstić information content (AvgIpc) is 3.25. The highest BCUT2D eigenvalue weighted by Gasteiger charge is 2.25. The van der Waals surface area contributed by atoms with Gasteiger partial charge in [-0.1, -0.05) is 24.3 Å². The van der Waals surface area contributed by atoms with Crippen LogP contribution in [0.3, 0.4) is 0 Å². The number of carbonyl (C=O) groups is 1. The Bertz CT molecular complexity index is 1380. The maximum Gasteiger partial charge on any atom is 0.268 e. The maximum atomic E-state index is 12.5. The number of H-pyrrole nitrogens is 1. The minimum absolute atomic E-state index is 0.0223. The van der Waals surface area contributed by atoms with Gasteiger partial charge in [-0.15, -0.1) is 0 Å². The molecule has 0 bridgehead atoms. The molecule has 0 radical (unpaired) electrons. The highest BCUT2D eigenvalue weighted by atomic mass is 19.2. The van der Waals surface area contributed by atoms with E-state index in [0.29, 0.717) is 17.6 Å². The van der Waals surface area contributed by atoms with Gasteiger partial charge in [-0.25, -0.2) is 4.39 Å². The lowest BCUT2D eigenvalue weighted by Crippen LogP contribution is -2.19. The van der Waals surface area contributed by atoms with Crippen LogP contribution in [0.25, 0.3) is 10.9 Å². The molecule has 2 aromatic heterocycles. The molecule has 0 fully saturated rings. The summed E-state index contributed by atoms with van der Waals surface area (Å²) in [6, 6.07) is 14.7. The van der Waals surface area contributed by atoms with Crippen LogP contribution in [0.4, 0.5) is 8.78 Å². The lowest BCUT2D eigenvalue weighted by atomic mass is 10.1. The van der Waals surface area contributed by atoms with E-state index in [2.05, 4.69) is 14.7 Å². The summed E-state index contributed by atoms with van der Waals surface area (Å²) in [5.74, 6) is -1.80. The Morgan fingerprint density at radius 3 is 2.67 bits per heavy atom. The van der Waals surface area contributed by atoms with Gasteiger partial charge in [0.1, 0.15) is 17.5 Å². The summed E-state index contributed by atoms with van der Waals surface area (Å²) in [6.45, 7) is 0. The van der Waals surface area contributed by atoms with Crippen molar-refractivity contribution in [2.75, 3.05) is 7.11 Å². The zero-order valence-electron chi connectivity index (χ0n) is 17.5. The first-order valence-corrected chi connectivity index (χ1v) is 9.93. The van der Waals surface area contributed by atoms with Gasteiger partial charge in [-0.2, -0.15) is 4.39 Å². The third-order valence-electron chi connectivity index (χ3n) is 5.13. The third-order valence-corrected chi connectivity index (χ3v) is 5.13. The van der Waals surface area contributed by atoms with Gasteiger partial charge in [-0.05, 0) is 29.8 Å². The van der Waals surface area contributed by atoms with E-state index in [1.807, 2.05) is 24.3 Å². The van der Waals surface area contributed by atoms with Crippen LogP contribution in [0.2, 0.25) is 0 Å². The number of hydrogen-bond donors (Lipinski definition) is 2. The number of pyridine rings is 2. The lowest BCUT2D eigenvalue weighted by Gasteiger charge is -2.12. The number of rotatable bonds is 3. The number of primary amides is 1. The number of nitrogens with zero attached hydrogens (tertiary/aromatic N) is 1. The van der Waals surface area contributed by atoms with Gasteiger partial charge < -0.3 is 20.2 Å². The Morgan fingerprint density at radius 2 is 1.97 bits per heavy atom. The fourth-order valence-electron chi connectivity index (χ4n) is 3.58. The van der Waals surface area contributed by atoms with E-state index in [9.17, 15) is 18.4 Å². The molecule has 3 N–H and O–H groups in total. The Balaban J connectivity index is 0.000000219. The molecule has 2 aromatic carbocycles. The molecule has 168 valence electrons. The first-order chi connectivity index (χ1) is 15.9. The SMILES string of the molecule is COc1cccc(F)c1F.NC(=O)c1nccc2[nH]c(C3Cc4ccccc4O3)cc(=O)c12. The van der Waals surface area contributed by atoms with Crippen molar-refractivity contribution in [1.29, 1.82) is 0 Å². The second-order valence-corrected chi connectivity index (χ2v) is 7.21. The highest BCUT2D eigenvalue weighted by molar-refractivity contribution is 6.03. The first-order valence-electron chi connectivity index (χ1n) is 9.93. The summed E-state index contributed by atoms with van der Waals surface area (Å²) in [5, 5.41) is 0.208. The number of ether oxygens (including phenoxy) is 2. The Hall–Kier alpha value is -4.27. The van der Waals surface area contributed by atoms with Crippen LogP contribution in [0.5, 0.6) is 11.5 Å².